The predicted octanol–water partition coefficient (Wildman–Crippen LogP) is 1.11. The Morgan fingerprint density at radius 3 is 2.89 bits per heavy atom. The van der Waals surface area contributed by atoms with Crippen LogP contribution in [0.25, 0.3) is 0 Å². The summed E-state index contributed by atoms with van der Waals surface area (Å²) in [6.07, 6.45) is -0.230. The van der Waals surface area contributed by atoms with Gasteiger partial charge in [0.2, 0.25) is 0 Å². The second kappa shape index (κ2) is 5.88. The van der Waals surface area contributed by atoms with E-state index < -0.39 is 17.5 Å². The van der Waals surface area contributed by atoms with Crippen molar-refractivity contribution in [2.75, 3.05) is 26.4 Å². The monoisotopic (exact) mass is 257 g/mol. The molecule has 1 aliphatic heterocycles. The van der Waals surface area contributed by atoms with Crippen molar-refractivity contribution in [3.05, 3.63) is 35.4 Å². The minimum absolute atomic E-state index is 0.187. The molecule has 1 amide bonds. The largest absolute Gasteiger partial charge is 0.376 e. The average molecular weight is 257 g/mol. The van der Waals surface area contributed by atoms with Gasteiger partial charge in [0, 0.05) is 12.6 Å². The van der Waals surface area contributed by atoms with Gasteiger partial charge in [-0.25, -0.2) is 8.78 Å². The molecule has 1 heterocycles. The number of ether oxygens (including phenoxy) is 2. The van der Waals surface area contributed by atoms with Gasteiger partial charge in [0.25, 0.3) is 5.91 Å². The number of carbonyl (C=O) groups excluding carboxylic acids is 1. The van der Waals surface area contributed by atoms with Crippen molar-refractivity contribution >= 4 is 5.91 Å². The smallest absolute Gasteiger partial charge is 0.254 e. The Bertz CT molecular complexity index is 433. The third kappa shape index (κ3) is 3.24. The molecule has 1 aromatic rings. The number of nitrogens with one attached hydrogen (secondary N) is 1. The van der Waals surface area contributed by atoms with E-state index in [-0.39, 0.29) is 18.2 Å². The molecule has 0 aromatic heterocycles. The molecule has 1 aliphatic rings. The van der Waals surface area contributed by atoms with Gasteiger partial charge in [-0.2, -0.15) is 0 Å². The van der Waals surface area contributed by atoms with Crippen molar-refractivity contribution in [3.63, 3.8) is 0 Å². The molecular formula is C12H13F2NO3. The normalized spacial score (nSPS) is 19.6. The molecule has 0 saturated carbocycles. The lowest BCUT2D eigenvalue weighted by molar-refractivity contribution is -0.0855. The van der Waals surface area contributed by atoms with Crippen molar-refractivity contribution in [1.29, 1.82) is 0 Å². The Morgan fingerprint density at radius 2 is 2.22 bits per heavy atom. The van der Waals surface area contributed by atoms with Crippen LogP contribution >= 0.6 is 0 Å². The van der Waals surface area contributed by atoms with Gasteiger partial charge in [0.05, 0.1) is 31.5 Å². The molecule has 1 aromatic carbocycles. The molecule has 0 radical (unpaired) electrons. The lowest BCUT2D eigenvalue weighted by Gasteiger charge is -2.23. The van der Waals surface area contributed by atoms with E-state index in [1.165, 1.54) is 0 Å². The number of hydrogen-bond donors (Lipinski definition) is 1. The van der Waals surface area contributed by atoms with Gasteiger partial charge in [-0.3, -0.25) is 4.79 Å². The zero-order valence-electron chi connectivity index (χ0n) is 9.62. The molecule has 1 N–H and O–H groups in total. The van der Waals surface area contributed by atoms with Crippen LogP contribution in [-0.4, -0.2) is 38.4 Å². The number of benzene rings is 1. The Hall–Kier alpha value is -1.53. The van der Waals surface area contributed by atoms with E-state index in [1.54, 1.807) is 0 Å². The lowest BCUT2D eigenvalue weighted by atomic mass is 10.2. The van der Waals surface area contributed by atoms with Gasteiger partial charge in [-0.1, -0.05) is 0 Å². The second-order valence-corrected chi connectivity index (χ2v) is 3.90. The first kappa shape index (κ1) is 12.9. The van der Waals surface area contributed by atoms with Crippen LogP contribution in [0.3, 0.4) is 0 Å². The summed E-state index contributed by atoms with van der Waals surface area (Å²) >= 11 is 0. The summed E-state index contributed by atoms with van der Waals surface area (Å²) < 4.78 is 36.5. The molecule has 98 valence electrons. The molecule has 18 heavy (non-hydrogen) atoms. The third-order valence-electron chi connectivity index (χ3n) is 2.55. The van der Waals surface area contributed by atoms with Crippen molar-refractivity contribution in [3.8, 4) is 0 Å². The van der Waals surface area contributed by atoms with E-state index in [9.17, 15) is 13.6 Å². The molecule has 1 saturated heterocycles. The Kier molecular flexibility index (Phi) is 4.22. The van der Waals surface area contributed by atoms with Crippen LogP contribution in [0.4, 0.5) is 8.78 Å². The fourth-order valence-electron chi connectivity index (χ4n) is 1.63. The highest BCUT2D eigenvalue weighted by Gasteiger charge is 2.17. The minimum Gasteiger partial charge on any atom is -0.376 e. The van der Waals surface area contributed by atoms with Gasteiger partial charge < -0.3 is 14.8 Å². The average Bonchev–Trinajstić information content (AvgIpc) is 2.37. The van der Waals surface area contributed by atoms with Crippen LogP contribution in [-0.2, 0) is 9.47 Å². The third-order valence-corrected chi connectivity index (χ3v) is 2.55. The second-order valence-electron chi connectivity index (χ2n) is 3.90. The van der Waals surface area contributed by atoms with Crippen LogP contribution < -0.4 is 5.32 Å². The summed E-state index contributed by atoms with van der Waals surface area (Å²) in [5.74, 6) is -2.19. The summed E-state index contributed by atoms with van der Waals surface area (Å²) in [7, 11) is 0. The molecular weight excluding hydrogens is 244 g/mol. The molecule has 0 spiro atoms. The van der Waals surface area contributed by atoms with Crippen LogP contribution in [0, 0.1) is 11.6 Å². The Labute approximate surface area is 103 Å². The van der Waals surface area contributed by atoms with Crippen molar-refractivity contribution in [1.82, 2.24) is 5.32 Å². The van der Waals surface area contributed by atoms with Crippen LogP contribution in [0.1, 0.15) is 10.4 Å². The van der Waals surface area contributed by atoms with Gasteiger partial charge in [-0.05, 0) is 12.1 Å². The molecule has 1 fully saturated rings. The molecule has 1 unspecified atom stereocenters. The topological polar surface area (TPSA) is 47.6 Å². The number of halogens is 2. The molecule has 0 aliphatic carbocycles. The quantitative estimate of drug-likeness (QED) is 0.882. The van der Waals surface area contributed by atoms with E-state index in [4.69, 9.17) is 9.47 Å². The number of carbonyl (C=O) groups is 1. The van der Waals surface area contributed by atoms with E-state index in [0.717, 1.165) is 12.1 Å². The summed E-state index contributed by atoms with van der Waals surface area (Å²) in [5, 5.41) is 2.52. The van der Waals surface area contributed by atoms with Crippen LogP contribution in [0.5, 0.6) is 0 Å². The molecule has 6 heteroatoms. The standard InChI is InChI=1S/C12H13F2NO3/c13-8-1-2-10(11(14)5-8)12(16)15-6-9-7-17-3-4-18-9/h1-2,5,9H,3-4,6-7H2,(H,15,16). The summed E-state index contributed by atoms with van der Waals surface area (Å²) in [6, 6.07) is 2.82. The number of amides is 1. The van der Waals surface area contributed by atoms with Crippen LogP contribution in [0.2, 0.25) is 0 Å². The number of hydrogen-bond acceptors (Lipinski definition) is 3. The van der Waals surface area contributed by atoms with Crippen molar-refractivity contribution in [2.45, 2.75) is 6.10 Å². The molecule has 1 atom stereocenters. The highest BCUT2D eigenvalue weighted by atomic mass is 19.1. The van der Waals surface area contributed by atoms with E-state index >= 15 is 0 Å². The van der Waals surface area contributed by atoms with E-state index in [1.807, 2.05) is 0 Å². The lowest BCUT2D eigenvalue weighted by Crippen LogP contribution is -2.39. The highest BCUT2D eigenvalue weighted by Crippen LogP contribution is 2.09. The SMILES string of the molecule is O=C(NCC1COCCO1)c1ccc(F)cc1F. The number of rotatable bonds is 3. The van der Waals surface area contributed by atoms with Crippen molar-refractivity contribution < 1.29 is 23.0 Å². The summed E-state index contributed by atoms with van der Waals surface area (Å²) in [6.45, 7) is 1.64. The van der Waals surface area contributed by atoms with Gasteiger partial charge in [0.1, 0.15) is 11.6 Å². The van der Waals surface area contributed by atoms with E-state index in [2.05, 4.69) is 5.32 Å². The zero-order chi connectivity index (χ0) is 13.0. The maximum Gasteiger partial charge on any atom is 0.254 e. The maximum atomic E-state index is 13.3. The molecule has 4 nitrogen and oxygen atoms in total. The first-order valence-electron chi connectivity index (χ1n) is 5.59. The fourth-order valence-corrected chi connectivity index (χ4v) is 1.63. The molecule has 0 bridgehead atoms. The van der Waals surface area contributed by atoms with E-state index in [0.29, 0.717) is 25.9 Å². The first-order valence-corrected chi connectivity index (χ1v) is 5.59. The van der Waals surface area contributed by atoms with Crippen LogP contribution in [0.15, 0.2) is 18.2 Å². The fraction of sp³-hybridized carbons (Fsp3) is 0.417. The van der Waals surface area contributed by atoms with Gasteiger partial charge >= 0.3 is 0 Å². The summed E-state index contributed by atoms with van der Waals surface area (Å²) in [4.78, 5) is 11.6. The predicted molar refractivity (Wildman–Crippen MR) is 59.3 cm³/mol. The minimum atomic E-state index is -0.881. The van der Waals surface area contributed by atoms with Crippen molar-refractivity contribution in [2.24, 2.45) is 0 Å². The Morgan fingerprint density at radius 1 is 1.39 bits per heavy atom. The maximum absolute atomic E-state index is 13.3. The zero-order valence-corrected chi connectivity index (χ0v) is 9.62. The summed E-state index contributed by atoms with van der Waals surface area (Å²) in [5.41, 5.74) is -0.187. The Balaban J connectivity index is 1.90. The first-order chi connectivity index (χ1) is 8.66. The highest BCUT2D eigenvalue weighted by molar-refractivity contribution is 5.94. The molecule has 2 rings (SSSR count). The van der Waals surface area contributed by atoms with Gasteiger partial charge in [0.15, 0.2) is 0 Å². The van der Waals surface area contributed by atoms with Gasteiger partial charge in [-0.15, -0.1) is 0 Å².